The zero-order valence-electron chi connectivity index (χ0n) is 12.5. The molecular formula is C17H15N3O2S. The maximum absolute atomic E-state index is 12.7. The first-order valence-corrected chi connectivity index (χ1v) is 7.97. The lowest BCUT2D eigenvalue weighted by atomic mass is 10.1. The highest BCUT2D eigenvalue weighted by atomic mass is 32.2. The van der Waals surface area contributed by atoms with E-state index in [-0.39, 0.29) is 5.91 Å². The summed E-state index contributed by atoms with van der Waals surface area (Å²) in [7, 11) is 0. The van der Waals surface area contributed by atoms with E-state index in [1.54, 1.807) is 19.2 Å². The van der Waals surface area contributed by atoms with Crippen molar-refractivity contribution in [3.8, 4) is 0 Å². The first kappa shape index (κ1) is 15.3. The van der Waals surface area contributed by atoms with E-state index in [1.165, 1.54) is 11.8 Å². The number of anilines is 1. The molecule has 2 heterocycles. The number of hydrogen-bond donors (Lipinski definition) is 1. The molecule has 3 aromatic rings. The number of nitrogens with one attached hydrogen (secondary N) is 1. The molecule has 1 amide bonds. The predicted molar refractivity (Wildman–Crippen MR) is 89.1 cm³/mol. The molecule has 23 heavy (non-hydrogen) atoms. The molecule has 5 nitrogen and oxygen atoms in total. The molecule has 3 rings (SSSR count). The number of benzene rings is 1. The van der Waals surface area contributed by atoms with Crippen LogP contribution in [0.3, 0.4) is 0 Å². The molecule has 0 radical (unpaired) electrons. The van der Waals surface area contributed by atoms with E-state index >= 15 is 0 Å². The predicted octanol–water partition coefficient (Wildman–Crippen LogP) is 3.85. The van der Waals surface area contributed by atoms with Gasteiger partial charge in [0.05, 0.1) is 5.03 Å². The Labute approximate surface area is 138 Å². The molecule has 0 unspecified atom stereocenters. The highest BCUT2D eigenvalue weighted by Gasteiger charge is 2.23. The SMILES string of the molecule is Cc1cc(NC(=O)[C@@H](Sc2ccccn2)c2ccccc2)no1. The van der Waals surface area contributed by atoms with Gasteiger partial charge in [-0.2, -0.15) is 0 Å². The largest absolute Gasteiger partial charge is 0.360 e. The van der Waals surface area contributed by atoms with Gasteiger partial charge < -0.3 is 9.84 Å². The number of pyridine rings is 1. The van der Waals surface area contributed by atoms with Crippen LogP contribution in [0.15, 0.2) is 70.3 Å². The minimum absolute atomic E-state index is 0.167. The molecular weight excluding hydrogens is 310 g/mol. The molecule has 0 spiro atoms. The molecule has 1 N–H and O–H groups in total. The molecule has 1 atom stereocenters. The van der Waals surface area contributed by atoms with Gasteiger partial charge in [0.25, 0.3) is 0 Å². The molecule has 1 aromatic carbocycles. The van der Waals surface area contributed by atoms with Crippen LogP contribution in [-0.4, -0.2) is 16.0 Å². The summed E-state index contributed by atoms with van der Waals surface area (Å²) in [6.07, 6.45) is 1.71. The zero-order chi connectivity index (χ0) is 16.1. The topological polar surface area (TPSA) is 68.0 Å². The summed E-state index contributed by atoms with van der Waals surface area (Å²) in [6.45, 7) is 1.78. The van der Waals surface area contributed by atoms with E-state index in [0.717, 1.165) is 10.6 Å². The third-order valence-electron chi connectivity index (χ3n) is 3.10. The Morgan fingerprint density at radius 1 is 1.17 bits per heavy atom. The van der Waals surface area contributed by atoms with Gasteiger partial charge in [0.1, 0.15) is 11.0 Å². The summed E-state index contributed by atoms with van der Waals surface area (Å²) in [4.78, 5) is 17.0. The van der Waals surface area contributed by atoms with Crippen LogP contribution in [0.4, 0.5) is 5.82 Å². The van der Waals surface area contributed by atoms with Crippen LogP contribution in [0.25, 0.3) is 0 Å². The van der Waals surface area contributed by atoms with Crippen molar-refractivity contribution in [3.05, 3.63) is 72.1 Å². The van der Waals surface area contributed by atoms with Crippen molar-refractivity contribution < 1.29 is 9.32 Å². The highest BCUT2D eigenvalue weighted by Crippen LogP contribution is 2.34. The van der Waals surface area contributed by atoms with Crippen molar-refractivity contribution in [1.29, 1.82) is 0 Å². The third-order valence-corrected chi connectivity index (χ3v) is 4.30. The lowest BCUT2D eigenvalue weighted by Gasteiger charge is -2.15. The number of carbonyl (C=O) groups excluding carboxylic acids is 1. The van der Waals surface area contributed by atoms with Crippen molar-refractivity contribution in [2.75, 3.05) is 5.32 Å². The lowest BCUT2D eigenvalue weighted by molar-refractivity contribution is -0.115. The number of thioether (sulfide) groups is 1. The zero-order valence-corrected chi connectivity index (χ0v) is 13.3. The Balaban J connectivity index is 1.84. The Kier molecular flexibility index (Phi) is 4.73. The smallest absolute Gasteiger partial charge is 0.243 e. The van der Waals surface area contributed by atoms with Gasteiger partial charge in [-0.1, -0.05) is 53.3 Å². The standard InChI is InChI=1S/C17H15N3O2S/c1-12-11-14(20-22-12)19-17(21)16(13-7-3-2-4-8-13)23-15-9-5-6-10-18-15/h2-11,16H,1H3,(H,19,20,21)/t16-/m0/s1. The van der Waals surface area contributed by atoms with E-state index in [0.29, 0.717) is 11.6 Å². The van der Waals surface area contributed by atoms with Gasteiger partial charge in [0, 0.05) is 12.3 Å². The average molecular weight is 325 g/mol. The number of nitrogens with zero attached hydrogens (tertiary/aromatic N) is 2. The summed E-state index contributed by atoms with van der Waals surface area (Å²) in [5.41, 5.74) is 0.904. The molecule has 0 saturated carbocycles. The van der Waals surface area contributed by atoms with Crippen LogP contribution < -0.4 is 5.32 Å². The molecule has 6 heteroatoms. The highest BCUT2D eigenvalue weighted by molar-refractivity contribution is 8.00. The van der Waals surface area contributed by atoms with E-state index in [4.69, 9.17) is 4.52 Å². The summed E-state index contributed by atoms with van der Waals surface area (Å²) in [6, 6.07) is 16.9. The van der Waals surface area contributed by atoms with Crippen LogP contribution in [0.1, 0.15) is 16.6 Å². The fraction of sp³-hybridized carbons (Fsp3) is 0.118. The number of aryl methyl sites for hydroxylation is 1. The number of carbonyl (C=O) groups is 1. The summed E-state index contributed by atoms with van der Waals surface area (Å²) in [5, 5.41) is 6.95. The van der Waals surface area contributed by atoms with Gasteiger partial charge in [-0.25, -0.2) is 4.98 Å². The van der Waals surface area contributed by atoms with E-state index < -0.39 is 5.25 Å². The van der Waals surface area contributed by atoms with Crippen LogP contribution in [-0.2, 0) is 4.79 Å². The van der Waals surface area contributed by atoms with Gasteiger partial charge >= 0.3 is 0 Å². The van der Waals surface area contributed by atoms with Crippen LogP contribution in [0.5, 0.6) is 0 Å². The minimum atomic E-state index is -0.428. The maximum atomic E-state index is 12.7. The second-order valence-electron chi connectivity index (χ2n) is 4.89. The van der Waals surface area contributed by atoms with Gasteiger partial charge in [0.2, 0.25) is 5.91 Å². The molecule has 2 aromatic heterocycles. The number of hydrogen-bond acceptors (Lipinski definition) is 5. The molecule has 0 fully saturated rings. The first-order chi connectivity index (χ1) is 11.2. The van der Waals surface area contributed by atoms with Crippen molar-refractivity contribution in [2.45, 2.75) is 17.2 Å². The summed E-state index contributed by atoms with van der Waals surface area (Å²) < 4.78 is 4.99. The first-order valence-electron chi connectivity index (χ1n) is 7.09. The Morgan fingerprint density at radius 3 is 2.61 bits per heavy atom. The van der Waals surface area contributed by atoms with Crippen molar-refractivity contribution >= 4 is 23.5 Å². The van der Waals surface area contributed by atoms with Crippen LogP contribution >= 0.6 is 11.8 Å². The molecule has 0 aliphatic carbocycles. The van der Waals surface area contributed by atoms with Gasteiger partial charge in [-0.15, -0.1) is 0 Å². The fourth-order valence-corrected chi connectivity index (χ4v) is 3.03. The molecule has 0 bridgehead atoms. The monoisotopic (exact) mass is 325 g/mol. The molecule has 0 saturated heterocycles. The number of aromatic nitrogens is 2. The summed E-state index contributed by atoms with van der Waals surface area (Å²) >= 11 is 1.39. The second-order valence-corrected chi connectivity index (χ2v) is 6.01. The van der Waals surface area contributed by atoms with Crippen molar-refractivity contribution in [1.82, 2.24) is 10.1 Å². The van der Waals surface area contributed by atoms with Crippen molar-refractivity contribution in [3.63, 3.8) is 0 Å². The van der Waals surface area contributed by atoms with Gasteiger partial charge in [-0.3, -0.25) is 4.79 Å². The fourth-order valence-electron chi connectivity index (χ4n) is 2.06. The summed E-state index contributed by atoms with van der Waals surface area (Å²) in [5.74, 6) is 0.893. The average Bonchev–Trinajstić information content (AvgIpc) is 2.99. The van der Waals surface area contributed by atoms with Crippen LogP contribution in [0.2, 0.25) is 0 Å². The third kappa shape index (κ3) is 3.98. The normalized spacial score (nSPS) is 11.9. The Morgan fingerprint density at radius 2 is 1.96 bits per heavy atom. The van der Waals surface area contributed by atoms with E-state index in [9.17, 15) is 4.79 Å². The van der Waals surface area contributed by atoms with Gasteiger partial charge in [-0.05, 0) is 24.6 Å². The maximum Gasteiger partial charge on any atom is 0.243 e. The molecule has 0 aliphatic heterocycles. The van der Waals surface area contributed by atoms with E-state index in [1.807, 2.05) is 48.5 Å². The van der Waals surface area contributed by atoms with Gasteiger partial charge in [0.15, 0.2) is 5.82 Å². The lowest BCUT2D eigenvalue weighted by Crippen LogP contribution is -2.19. The molecule has 0 aliphatic rings. The van der Waals surface area contributed by atoms with Crippen molar-refractivity contribution in [2.24, 2.45) is 0 Å². The minimum Gasteiger partial charge on any atom is -0.360 e. The van der Waals surface area contributed by atoms with E-state index in [2.05, 4.69) is 15.5 Å². The molecule has 116 valence electrons. The quantitative estimate of drug-likeness (QED) is 0.722. The number of rotatable bonds is 5. The Bertz CT molecular complexity index is 775. The number of amides is 1. The second kappa shape index (κ2) is 7.11. The van der Waals surface area contributed by atoms with Crippen LogP contribution in [0, 0.1) is 6.92 Å². The Hall–Kier alpha value is -2.60.